The van der Waals surface area contributed by atoms with Crippen LogP contribution >= 0.6 is 0 Å². The highest BCUT2D eigenvalue weighted by molar-refractivity contribution is 5.89. The highest BCUT2D eigenvalue weighted by Gasteiger charge is 2.11. The summed E-state index contributed by atoms with van der Waals surface area (Å²) in [4.78, 5) is 0. The number of rotatable bonds is 5. The van der Waals surface area contributed by atoms with Crippen LogP contribution in [0.2, 0.25) is 0 Å². The van der Waals surface area contributed by atoms with Gasteiger partial charge in [-0.3, -0.25) is 4.40 Å². The van der Waals surface area contributed by atoms with Gasteiger partial charge in [0.1, 0.15) is 18.1 Å². The van der Waals surface area contributed by atoms with E-state index in [2.05, 4.69) is 10.2 Å². The predicted molar refractivity (Wildman–Crippen MR) is 113 cm³/mol. The second-order valence-corrected chi connectivity index (χ2v) is 7.02. The molecule has 31 heavy (non-hydrogen) atoms. The second kappa shape index (κ2) is 7.68. The molecule has 0 spiro atoms. The fourth-order valence-corrected chi connectivity index (χ4v) is 3.51. The zero-order valence-corrected chi connectivity index (χ0v) is 16.5. The molecule has 3 aromatic carbocycles. The van der Waals surface area contributed by atoms with Crippen LogP contribution in [0.3, 0.4) is 0 Å². The minimum Gasteiger partial charge on any atom is -0.497 e. The fourth-order valence-electron chi connectivity index (χ4n) is 3.51. The summed E-state index contributed by atoms with van der Waals surface area (Å²) in [6, 6.07) is 19.0. The average Bonchev–Trinajstić information content (AvgIpc) is 3.21. The molecule has 0 aliphatic heterocycles. The van der Waals surface area contributed by atoms with Crippen molar-refractivity contribution in [3.63, 3.8) is 0 Å². The molecule has 0 unspecified atom stereocenters. The zero-order chi connectivity index (χ0) is 21.4. The lowest BCUT2D eigenvalue weighted by atomic mass is 10.1. The molecule has 0 bridgehead atoms. The van der Waals surface area contributed by atoms with Crippen LogP contribution < -0.4 is 9.47 Å². The van der Waals surface area contributed by atoms with Crippen LogP contribution in [-0.2, 0) is 6.61 Å². The maximum Gasteiger partial charge on any atom is 0.175 e. The van der Waals surface area contributed by atoms with Gasteiger partial charge in [-0.1, -0.05) is 18.2 Å². The third kappa shape index (κ3) is 3.54. The number of methoxy groups -OCH3 is 1. The molecule has 2 aromatic heterocycles. The Hall–Kier alpha value is -4.00. The molecule has 0 atom stereocenters. The molecule has 0 N–H and O–H groups in total. The minimum absolute atomic E-state index is 0.188. The monoisotopic (exact) mass is 417 g/mol. The lowest BCUT2D eigenvalue weighted by Gasteiger charge is -2.10. The summed E-state index contributed by atoms with van der Waals surface area (Å²) in [6.07, 6.45) is 1.79. The lowest BCUT2D eigenvalue weighted by molar-refractivity contribution is 0.298. The van der Waals surface area contributed by atoms with E-state index in [9.17, 15) is 8.78 Å². The van der Waals surface area contributed by atoms with E-state index in [4.69, 9.17) is 9.47 Å². The molecule has 0 saturated carbocycles. The van der Waals surface area contributed by atoms with Crippen molar-refractivity contribution in [1.82, 2.24) is 14.6 Å². The molecule has 5 nitrogen and oxygen atoms in total. The molecule has 0 amide bonds. The second-order valence-electron chi connectivity index (χ2n) is 7.02. The maximum absolute atomic E-state index is 13.6. The Kier molecular flexibility index (Phi) is 4.71. The predicted octanol–water partition coefficient (Wildman–Crippen LogP) is 5.42. The first kappa shape index (κ1) is 19.0. The molecular formula is C24H17F2N3O2. The van der Waals surface area contributed by atoms with Gasteiger partial charge in [0.05, 0.1) is 7.11 Å². The molecule has 154 valence electrons. The minimum atomic E-state index is -0.891. The van der Waals surface area contributed by atoms with Gasteiger partial charge in [-0.15, -0.1) is 10.2 Å². The highest BCUT2D eigenvalue weighted by atomic mass is 19.2. The van der Waals surface area contributed by atoms with E-state index in [1.54, 1.807) is 29.8 Å². The number of hydrogen-bond acceptors (Lipinski definition) is 4. The standard InChI is InChI=1S/C24H17F2N3O2/c1-30-18-7-8-19-16(11-18)3-2-4-22(19)31-14-24-28-27-23-10-6-17(13-29(23)24)15-5-9-20(25)21(26)12-15/h2-13H,14H2,1H3. The largest absolute Gasteiger partial charge is 0.497 e. The van der Waals surface area contributed by atoms with Gasteiger partial charge in [-0.05, 0) is 65.0 Å². The summed E-state index contributed by atoms with van der Waals surface area (Å²) in [5.74, 6) is 0.310. The van der Waals surface area contributed by atoms with Gasteiger partial charge < -0.3 is 9.47 Å². The Bertz CT molecular complexity index is 1420. The van der Waals surface area contributed by atoms with Gasteiger partial charge >= 0.3 is 0 Å². The number of nitrogens with zero attached hydrogens (tertiary/aromatic N) is 3. The molecule has 7 heteroatoms. The number of fused-ring (bicyclic) bond motifs is 2. The Morgan fingerprint density at radius 1 is 0.871 bits per heavy atom. The fraction of sp³-hybridized carbons (Fsp3) is 0.0833. The number of halogens is 2. The Labute approximate surface area is 176 Å². The number of pyridine rings is 1. The molecule has 2 heterocycles. The van der Waals surface area contributed by atoms with Crippen molar-refractivity contribution in [2.24, 2.45) is 0 Å². The zero-order valence-electron chi connectivity index (χ0n) is 16.5. The van der Waals surface area contributed by atoms with Gasteiger partial charge in [0.2, 0.25) is 0 Å². The van der Waals surface area contributed by atoms with Crippen molar-refractivity contribution >= 4 is 16.4 Å². The summed E-state index contributed by atoms with van der Waals surface area (Å²) in [7, 11) is 1.63. The third-order valence-electron chi connectivity index (χ3n) is 5.13. The first-order valence-electron chi connectivity index (χ1n) is 9.61. The van der Waals surface area contributed by atoms with Crippen molar-refractivity contribution in [3.05, 3.63) is 90.4 Å². The molecule has 5 rings (SSSR count). The van der Waals surface area contributed by atoms with E-state index >= 15 is 0 Å². The van der Waals surface area contributed by atoms with Gasteiger partial charge in [-0.25, -0.2) is 8.78 Å². The van der Waals surface area contributed by atoms with Gasteiger partial charge in [0.25, 0.3) is 0 Å². The summed E-state index contributed by atoms with van der Waals surface area (Å²) < 4.78 is 40.0. The normalized spacial score (nSPS) is 11.2. The van der Waals surface area contributed by atoms with E-state index in [0.717, 1.165) is 22.6 Å². The quantitative estimate of drug-likeness (QED) is 0.383. The number of ether oxygens (including phenoxy) is 2. The Balaban J connectivity index is 1.46. The lowest BCUT2D eigenvalue weighted by Crippen LogP contribution is -2.02. The maximum atomic E-state index is 13.6. The van der Waals surface area contributed by atoms with Crippen LogP contribution in [0.4, 0.5) is 8.78 Å². The Morgan fingerprint density at radius 2 is 1.74 bits per heavy atom. The van der Waals surface area contributed by atoms with Crippen molar-refractivity contribution in [3.8, 4) is 22.6 Å². The van der Waals surface area contributed by atoms with Crippen molar-refractivity contribution in [2.75, 3.05) is 7.11 Å². The smallest absolute Gasteiger partial charge is 0.175 e. The molecule has 0 saturated heterocycles. The summed E-state index contributed by atoms with van der Waals surface area (Å²) in [6.45, 7) is 0.188. The van der Waals surface area contributed by atoms with E-state index in [-0.39, 0.29) is 6.61 Å². The summed E-state index contributed by atoms with van der Waals surface area (Å²) in [5.41, 5.74) is 1.90. The van der Waals surface area contributed by atoms with Crippen LogP contribution in [0.15, 0.2) is 72.9 Å². The van der Waals surface area contributed by atoms with E-state index in [1.165, 1.54) is 12.1 Å². The molecule has 0 aliphatic rings. The van der Waals surface area contributed by atoms with Crippen LogP contribution in [-0.4, -0.2) is 21.7 Å². The van der Waals surface area contributed by atoms with Gasteiger partial charge in [0, 0.05) is 11.6 Å². The first-order chi connectivity index (χ1) is 15.1. The average molecular weight is 417 g/mol. The van der Waals surface area contributed by atoms with Crippen molar-refractivity contribution in [1.29, 1.82) is 0 Å². The van der Waals surface area contributed by atoms with Gasteiger partial charge in [-0.2, -0.15) is 0 Å². The van der Waals surface area contributed by atoms with E-state index in [0.29, 0.717) is 28.3 Å². The van der Waals surface area contributed by atoms with Crippen LogP contribution in [0, 0.1) is 11.6 Å². The number of benzene rings is 3. The first-order valence-corrected chi connectivity index (χ1v) is 9.61. The summed E-state index contributed by atoms with van der Waals surface area (Å²) >= 11 is 0. The molecule has 0 radical (unpaired) electrons. The highest BCUT2D eigenvalue weighted by Crippen LogP contribution is 2.29. The van der Waals surface area contributed by atoms with Crippen molar-refractivity contribution in [2.45, 2.75) is 6.61 Å². The van der Waals surface area contributed by atoms with Gasteiger partial charge in [0.15, 0.2) is 23.1 Å². The Morgan fingerprint density at radius 3 is 2.58 bits per heavy atom. The summed E-state index contributed by atoms with van der Waals surface area (Å²) in [5, 5.41) is 10.3. The van der Waals surface area contributed by atoms with Crippen LogP contribution in [0.25, 0.3) is 27.5 Å². The number of aromatic nitrogens is 3. The molecular weight excluding hydrogens is 400 g/mol. The SMILES string of the molecule is COc1ccc2c(OCc3nnc4ccc(-c5ccc(F)c(F)c5)cn34)cccc2c1. The molecule has 5 aromatic rings. The molecule has 0 fully saturated rings. The number of hydrogen-bond donors (Lipinski definition) is 0. The third-order valence-corrected chi connectivity index (χ3v) is 5.13. The van der Waals surface area contributed by atoms with Crippen LogP contribution in [0.1, 0.15) is 5.82 Å². The molecule has 0 aliphatic carbocycles. The topological polar surface area (TPSA) is 48.7 Å². The van der Waals surface area contributed by atoms with Crippen LogP contribution in [0.5, 0.6) is 11.5 Å². The van der Waals surface area contributed by atoms with E-state index < -0.39 is 11.6 Å². The van der Waals surface area contributed by atoms with Crippen molar-refractivity contribution < 1.29 is 18.3 Å². The van der Waals surface area contributed by atoms with E-state index in [1.807, 2.05) is 36.4 Å².